The van der Waals surface area contributed by atoms with E-state index in [9.17, 15) is 33.6 Å². The van der Waals surface area contributed by atoms with Gasteiger partial charge in [0.1, 0.15) is 25.3 Å². The second kappa shape index (κ2) is 19.9. The summed E-state index contributed by atoms with van der Waals surface area (Å²) in [6.45, 7) is 4.01. The predicted molar refractivity (Wildman–Crippen MR) is 171 cm³/mol. The number of nitrogens with one attached hydrogen (secondary N) is 3. The maximum atomic E-state index is 13.4. The molecular formula is C32H48N4O10P+. The Balaban J connectivity index is 1.46. The third-order valence-electron chi connectivity index (χ3n) is 8.03. The lowest BCUT2D eigenvalue weighted by Crippen LogP contribution is -2.51. The molecule has 1 aliphatic carbocycles. The normalized spacial score (nSPS) is 18.0. The van der Waals surface area contributed by atoms with E-state index in [0.29, 0.717) is 45.1 Å². The molecule has 2 unspecified atom stereocenters. The second-order valence-corrected chi connectivity index (χ2v) is 12.9. The lowest BCUT2D eigenvalue weighted by atomic mass is 10.1. The molecule has 0 spiro atoms. The van der Waals surface area contributed by atoms with Crippen molar-refractivity contribution < 1.29 is 47.4 Å². The Morgan fingerprint density at radius 1 is 1.02 bits per heavy atom. The van der Waals surface area contributed by atoms with Crippen molar-refractivity contribution in [3.63, 3.8) is 0 Å². The number of rotatable bonds is 21. The fraction of sp³-hybridized carbons (Fsp3) is 0.656. The van der Waals surface area contributed by atoms with E-state index in [0.717, 1.165) is 31.2 Å². The molecule has 1 aromatic rings. The van der Waals surface area contributed by atoms with E-state index in [1.807, 2.05) is 37.3 Å². The van der Waals surface area contributed by atoms with Gasteiger partial charge in [0.2, 0.25) is 11.8 Å². The standard InChI is InChI=1S/C32H47N4O10P/c1-3-4-13-25(21-45-47(43)46-22(2)30(39)36-19-10-15-27(36)31(40)41)34-29(38)26(35-28(37)24-16-17-24)14-8-9-18-33-32(42)44-20-23-11-6-5-7-12-23/h5-7,11-12,22,24-27H,3-4,8-10,13-21H2,1-2H3,(H3-,33,34,35,37,38,40,41,42)/p+1/t22-,25?,26-,27-/m0/s1. The lowest BCUT2D eigenvalue weighted by Gasteiger charge is -2.23. The van der Waals surface area contributed by atoms with Gasteiger partial charge in [-0.1, -0.05) is 50.1 Å². The second-order valence-electron chi connectivity index (χ2n) is 12.0. The minimum atomic E-state index is -2.74. The van der Waals surface area contributed by atoms with Crippen molar-refractivity contribution in [1.82, 2.24) is 20.9 Å². The molecule has 1 aromatic carbocycles. The number of hydrogen-bond donors (Lipinski definition) is 4. The van der Waals surface area contributed by atoms with Crippen LogP contribution in [0.1, 0.15) is 83.6 Å². The number of hydrogen-bond acceptors (Lipinski definition) is 9. The minimum Gasteiger partial charge on any atom is -0.480 e. The van der Waals surface area contributed by atoms with Crippen LogP contribution in [-0.2, 0) is 44.1 Å². The van der Waals surface area contributed by atoms with Crippen molar-refractivity contribution in [2.45, 2.75) is 109 Å². The van der Waals surface area contributed by atoms with Crippen LogP contribution in [0, 0.1) is 5.92 Å². The summed E-state index contributed by atoms with van der Waals surface area (Å²) in [7, 11) is -2.74. The molecule has 2 fully saturated rings. The van der Waals surface area contributed by atoms with Crippen molar-refractivity contribution in [3.05, 3.63) is 35.9 Å². The van der Waals surface area contributed by atoms with Gasteiger partial charge in [0.25, 0.3) is 5.91 Å². The van der Waals surface area contributed by atoms with Gasteiger partial charge in [-0.15, -0.1) is 9.05 Å². The summed E-state index contributed by atoms with van der Waals surface area (Å²) >= 11 is 0. The monoisotopic (exact) mass is 679 g/mol. The number of carboxylic acid groups (broad SMARTS) is 1. The van der Waals surface area contributed by atoms with Crippen LogP contribution in [-0.4, -0.2) is 83.7 Å². The molecule has 4 amide bonds. The predicted octanol–water partition coefficient (Wildman–Crippen LogP) is 3.81. The molecule has 0 bridgehead atoms. The van der Waals surface area contributed by atoms with Crippen LogP contribution in [0.4, 0.5) is 4.79 Å². The molecule has 5 atom stereocenters. The molecule has 1 saturated heterocycles. The molecule has 0 radical (unpaired) electrons. The van der Waals surface area contributed by atoms with E-state index < -0.39 is 56.4 Å². The van der Waals surface area contributed by atoms with Crippen LogP contribution in [0.2, 0.25) is 0 Å². The quantitative estimate of drug-likeness (QED) is 0.110. The molecule has 0 aromatic heterocycles. The SMILES string of the molecule is CCCCC(CO[P+](=O)O[C@@H](C)C(=O)N1CCC[C@H]1C(=O)O)NC(=O)[C@H](CCCCNC(=O)OCc1ccccc1)NC(=O)C1CC1. The molecule has 47 heavy (non-hydrogen) atoms. The van der Waals surface area contributed by atoms with Gasteiger partial charge in [-0.2, -0.15) is 0 Å². The van der Waals surface area contributed by atoms with Crippen LogP contribution in [0.3, 0.4) is 0 Å². The molecule has 1 heterocycles. The molecule has 2 aliphatic rings. The van der Waals surface area contributed by atoms with Crippen LogP contribution >= 0.6 is 8.25 Å². The molecule has 15 heteroatoms. The van der Waals surface area contributed by atoms with Crippen LogP contribution in [0.15, 0.2) is 30.3 Å². The Morgan fingerprint density at radius 2 is 1.77 bits per heavy atom. The highest BCUT2D eigenvalue weighted by atomic mass is 31.1. The summed E-state index contributed by atoms with van der Waals surface area (Å²) < 4.78 is 28.5. The van der Waals surface area contributed by atoms with E-state index in [4.69, 9.17) is 13.8 Å². The van der Waals surface area contributed by atoms with Gasteiger partial charge in [0, 0.05) is 23.6 Å². The third-order valence-corrected chi connectivity index (χ3v) is 8.88. The fourth-order valence-electron chi connectivity index (χ4n) is 5.17. The number of aliphatic carboxylic acids is 1. The Morgan fingerprint density at radius 3 is 2.45 bits per heavy atom. The number of likely N-dealkylation sites (tertiary alicyclic amines) is 1. The number of nitrogens with zero attached hydrogens (tertiary/aromatic N) is 1. The van der Waals surface area contributed by atoms with Gasteiger partial charge in [-0.3, -0.25) is 14.4 Å². The summed E-state index contributed by atoms with van der Waals surface area (Å²) in [5.41, 5.74) is 0.878. The fourth-order valence-corrected chi connectivity index (χ4v) is 5.88. The van der Waals surface area contributed by atoms with E-state index in [-0.39, 0.29) is 31.6 Å². The third kappa shape index (κ3) is 13.6. The lowest BCUT2D eigenvalue weighted by molar-refractivity contribution is -0.151. The van der Waals surface area contributed by atoms with Crippen molar-refractivity contribution in [2.75, 3.05) is 19.7 Å². The molecule has 1 aliphatic heterocycles. The summed E-state index contributed by atoms with van der Waals surface area (Å²) in [5, 5.41) is 17.8. The first kappa shape index (κ1) is 37.8. The van der Waals surface area contributed by atoms with Crippen molar-refractivity contribution in [2.24, 2.45) is 5.92 Å². The highest BCUT2D eigenvalue weighted by molar-refractivity contribution is 7.33. The number of carbonyl (C=O) groups is 5. The van der Waals surface area contributed by atoms with Gasteiger partial charge in [-0.25, -0.2) is 9.59 Å². The molecule has 3 rings (SSSR count). The molecule has 1 saturated carbocycles. The molecular weight excluding hydrogens is 631 g/mol. The Kier molecular flexibility index (Phi) is 16.0. The highest BCUT2D eigenvalue weighted by Gasteiger charge is 2.40. The number of benzene rings is 1. The highest BCUT2D eigenvalue weighted by Crippen LogP contribution is 2.30. The Hall–Kier alpha value is -3.61. The smallest absolute Gasteiger partial charge is 0.480 e. The number of alkyl carbamates (subject to hydrolysis) is 1. The average molecular weight is 680 g/mol. The van der Waals surface area contributed by atoms with Gasteiger partial charge < -0.3 is 30.7 Å². The maximum Gasteiger partial charge on any atom is 0.698 e. The van der Waals surface area contributed by atoms with Crippen molar-refractivity contribution in [1.29, 1.82) is 0 Å². The van der Waals surface area contributed by atoms with Crippen molar-refractivity contribution in [3.8, 4) is 0 Å². The van der Waals surface area contributed by atoms with Crippen LogP contribution < -0.4 is 16.0 Å². The number of ether oxygens (including phenoxy) is 1. The zero-order chi connectivity index (χ0) is 34.2. The zero-order valence-corrected chi connectivity index (χ0v) is 28.1. The average Bonchev–Trinajstić information content (AvgIpc) is 3.80. The molecule has 14 nitrogen and oxygen atoms in total. The number of carbonyl (C=O) groups excluding carboxylic acids is 4. The van der Waals surface area contributed by atoms with E-state index in [2.05, 4.69) is 16.0 Å². The number of amides is 4. The molecule has 4 N–H and O–H groups in total. The summed E-state index contributed by atoms with van der Waals surface area (Å²) in [6.07, 6.45) is 4.31. The van der Waals surface area contributed by atoms with Gasteiger partial charge in [0.15, 0.2) is 6.10 Å². The first-order valence-corrected chi connectivity index (χ1v) is 17.5. The van der Waals surface area contributed by atoms with Crippen molar-refractivity contribution >= 4 is 38.0 Å². The Bertz CT molecular complexity index is 1220. The van der Waals surface area contributed by atoms with E-state index in [1.165, 1.54) is 11.8 Å². The van der Waals surface area contributed by atoms with Gasteiger partial charge in [0.05, 0.1) is 6.04 Å². The summed E-state index contributed by atoms with van der Waals surface area (Å²) in [4.78, 5) is 63.3. The minimum absolute atomic E-state index is 0.0946. The van der Waals surface area contributed by atoms with E-state index >= 15 is 0 Å². The largest absolute Gasteiger partial charge is 0.698 e. The first-order chi connectivity index (χ1) is 22.6. The van der Waals surface area contributed by atoms with Crippen LogP contribution in [0.25, 0.3) is 0 Å². The summed E-state index contributed by atoms with van der Waals surface area (Å²) in [6, 6.07) is 7.05. The van der Waals surface area contributed by atoms with Crippen LogP contribution in [0.5, 0.6) is 0 Å². The topological polar surface area (TPSA) is 190 Å². The number of carboxylic acids is 1. The Labute approximate surface area is 276 Å². The van der Waals surface area contributed by atoms with Gasteiger partial charge in [-0.05, 0) is 63.9 Å². The number of unbranched alkanes of at least 4 members (excludes halogenated alkanes) is 2. The first-order valence-electron chi connectivity index (χ1n) is 16.4. The maximum absolute atomic E-state index is 13.4. The van der Waals surface area contributed by atoms with Gasteiger partial charge >= 0.3 is 20.3 Å². The zero-order valence-electron chi connectivity index (χ0n) is 27.2. The molecule has 260 valence electrons. The summed E-state index contributed by atoms with van der Waals surface area (Å²) in [5.74, 6) is -2.34. The van der Waals surface area contributed by atoms with E-state index in [1.54, 1.807) is 0 Å².